The smallest absolute Gasteiger partial charge is 0.196 e. The summed E-state index contributed by atoms with van der Waals surface area (Å²) in [4.78, 5) is 34.7. The minimum atomic E-state index is -0.121. The van der Waals surface area contributed by atoms with Gasteiger partial charge in [0.2, 0.25) is 0 Å². The van der Waals surface area contributed by atoms with Crippen molar-refractivity contribution in [3.05, 3.63) is 58.8 Å². The van der Waals surface area contributed by atoms with Gasteiger partial charge in [0, 0.05) is 48.9 Å². The molecule has 0 fully saturated rings. The van der Waals surface area contributed by atoms with Crippen LogP contribution in [0.5, 0.6) is 0 Å². The zero-order chi connectivity index (χ0) is 22.1. The highest BCUT2D eigenvalue weighted by molar-refractivity contribution is 6.35. The first-order valence-corrected chi connectivity index (χ1v) is 10.5. The largest absolute Gasteiger partial charge is 0.383 e. The van der Waals surface area contributed by atoms with Crippen LogP contribution in [0.1, 0.15) is 31.8 Å². The number of nitrogens with zero attached hydrogens (tertiary/aromatic N) is 2. The molecule has 7 heteroatoms. The number of H-pyrrole nitrogens is 1. The standard InChI is InChI=1S/C24H29N5O2/c1-28(2)13-11-26-20-17-9-10-25-21(17)22(27-12-14-29(3)4)19-18(20)23(30)15-7-5-6-8-16(15)24(19)31/h5-10,25-27H,11-14H2,1-4H3. The first-order chi connectivity index (χ1) is 14.9. The van der Waals surface area contributed by atoms with Crippen molar-refractivity contribution in [1.82, 2.24) is 14.8 Å². The van der Waals surface area contributed by atoms with Gasteiger partial charge in [0.05, 0.1) is 28.0 Å². The molecule has 3 N–H and O–H groups in total. The third-order valence-electron chi connectivity index (χ3n) is 5.61. The summed E-state index contributed by atoms with van der Waals surface area (Å²) in [5.74, 6) is -0.235. The number of benzene rings is 2. The van der Waals surface area contributed by atoms with Gasteiger partial charge >= 0.3 is 0 Å². The molecule has 0 atom stereocenters. The molecule has 1 aliphatic carbocycles. The van der Waals surface area contributed by atoms with E-state index in [0.717, 1.165) is 29.7 Å². The van der Waals surface area contributed by atoms with Crippen LogP contribution in [0.4, 0.5) is 11.4 Å². The monoisotopic (exact) mass is 419 g/mol. The number of nitrogens with one attached hydrogen (secondary N) is 3. The number of hydrogen-bond donors (Lipinski definition) is 3. The summed E-state index contributed by atoms with van der Waals surface area (Å²) in [6.07, 6.45) is 1.85. The molecular weight excluding hydrogens is 390 g/mol. The van der Waals surface area contributed by atoms with E-state index in [4.69, 9.17) is 0 Å². The van der Waals surface area contributed by atoms with Crippen molar-refractivity contribution in [2.45, 2.75) is 0 Å². The van der Waals surface area contributed by atoms with Crippen LogP contribution in [0.3, 0.4) is 0 Å². The Morgan fingerprint density at radius 2 is 1.29 bits per heavy atom. The van der Waals surface area contributed by atoms with Crippen LogP contribution in [0, 0.1) is 0 Å². The summed E-state index contributed by atoms with van der Waals surface area (Å²) in [7, 11) is 8.02. The Hall–Kier alpha value is -3.16. The third-order valence-corrected chi connectivity index (χ3v) is 5.61. The highest BCUT2D eigenvalue weighted by atomic mass is 16.1. The highest BCUT2D eigenvalue weighted by Gasteiger charge is 2.36. The predicted octanol–water partition coefficient (Wildman–Crippen LogP) is 2.89. The van der Waals surface area contributed by atoms with Crippen LogP contribution in [0.2, 0.25) is 0 Å². The molecule has 0 unspecified atom stereocenters. The second-order valence-corrected chi connectivity index (χ2v) is 8.43. The summed E-state index contributed by atoms with van der Waals surface area (Å²) in [6.45, 7) is 2.93. The van der Waals surface area contributed by atoms with E-state index in [1.165, 1.54) is 0 Å². The molecule has 0 bridgehead atoms. The van der Waals surface area contributed by atoms with Crippen molar-refractivity contribution in [2.24, 2.45) is 0 Å². The molecule has 1 aromatic heterocycles. The Labute approximate surface area is 182 Å². The molecular formula is C24H29N5O2. The number of rotatable bonds is 8. The van der Waals surface area contributed by atoms with Crippen molar-refractivity contribution in [3.8, 4) is 0 Å². The Morgan fingerprint density at radius 1 is 0.774 bits per heavy atom. The van der Waals surface area contributed by atoms with E-state index in [1.807, 2.05) is 40.5 Å². The summed E-state index contributed by atoms with van der Waals surface area (Å²) in [5.41, 5.74) is 4.09. The van der Waals surface area contributed by atoms with E-state index in [2.05, 4.69) is 25.4 Å². The number of carbonyl (C=O) groups excluding carboxylic acids is 2. The lowest BCUT2D eigenvalue weighted by Gasteiger charge is -2.26. The predicted molar refractivity (Wildman–Crippen MR) is 126 cm³/mol. The maximum Gasteiger partial charge on any atom is 0.196 e. The van der Waals surface area contributed by atoms with Crippen molar-refractivity contribution in [2.75, 3.05) is 65.0 Å². The Morgan fingerprint density at radius 3 is 1.84 bits per heavy atom. The van der Waals surface area contributed by atoms with Crippen molar-refractivity contribution < 1.29 is 9.59 Å². The number of likely N-dealkylation sites (N-methyl/N-ethyl adjacent to an activating group) is 2. The van der Waals surface area contributed by atoms with Gasteiger partial charge in [0.15, 0.2) is 11.6 Å². The van der Waals surface area contributed by atoms with Crippen LogP contribution >= 0.6 is 0 Å². The molecule has 0 amide bonds. The average molecular weight is 420 g/mol. The van der Waals surface area contributed by atoms with Crippen molar-refractivity contribution in [1.29, 1.82) is 0 Å². The molecule has 0 radical (unpaired) electrons. The Balaban J connectivity index is 1.91. The van der Waals surface area contributed by atoms with E-state index in [0.29, 0.717) is 41.0 Å². The van der Waals surface area contributed by atoms with Gasteiger partial charge < -0.3 is 25.4 Å². The molecule has 162 valence electrons. The molecule has 31 heavy (non-hydrogen) atoms. The number of aromatic nitrogens is 1. The molecule has 0 saturated heterocycles. The van der Waals surface area contributed by atoms with Gasteiger partial charge in [0.25, 0.3) is 0 Å². The molecule has 0 spiro atoms. The fourth-order valence-electron chi connectivity index (χ4n) is 4.07. The number of ketones is 2. The van der Waals surface area contributed by atoms with E-state index >= 15 is 0 Å². The van der Waals surface area contributed by atoms with Gasteiger partial charge in [-0.1, -0.05) is 24.3 Å². The second kappa shape index (κ2) is 8.53. The molecule has 0 saturated carbocycles. The maximum absolute atomic E-state index is 13.6. The minimum absolute atomic E-state index is 0.115. The number of anilines is 2. The maximum atomic E-state index is 13.6. The molecule has 1 heterocycles. The first-order valence-electron chi connectivity index (χ1n) is 10.5. The lowest BCUT2D eigenvalue weighted by Crippen LogP contribution is -2.27. The SMILES string of the molecule is CN(C)CCNc1c2c(c(NCCN(C)C)c3[nH]ccc13)C(=O)c1ccccc1C2=O. The zero-order valence-electron chi connectivity index (χ0n) is 18.5. The quantitative estimate of drug-likeness (QED) is 0.381. The van der Waals surface area contributed by atoms with Gasteiger partial charge in [0.1, 0.15) is 0 Å². The summed E-state index contributed by atoms with van der Waals surface area (Å²) in [5, 5.41) is 7.79. The molecule has 1 aliphatic rings. The van der Waals surface area contributed by atoms with Crippen molar-refractivity contribution >= 4 is 33.8 Å². The summed E-state index contributed by atoms with van der Waals surface area (Å²) >= 11 is 0. The van der Waals surface area contributed by atoms with Gasteiger partial charge in [-0.05, 0) is 34.3 Å². The van der Waals surface area contributed by atoms with Crippen LogP contribution in [-0.4, -0.2) is 80.7 Å². The first kappa shape index (κ1) is 21.1. The normalized spacial score (nSPS) is 13.1. The van der Waals surface area contributed by atoms with Gasteiger partial charge in [-0.3, -0.25) is 9.59 Å². The van der Waals surface area contributed by atoms with Crippen LogP contribution in [-0.2, 0) is 0 Å². The highest BCUT2D eigenvalue weighted by Crippen LogP contribution is 2.42. The molecule has 2 aromatic carbocycles. The van der Waals surface area contributed by atoms with Gasteiger partial charge in [-0.2, -0.15) is 0 Å². The molecule has 3 aromatic rings. The van der Waals surface area contributed by atoms with Gasteiger partial charge in [-0.25, -0.2) is 0 Å². The second-order valence-electron chi connectivity index (χ2n) is 8.43. The van der Waals surface area contributed by atoms with E-state index in [-0.39, 0.29) is 11.6 Å². The Bertz CT molecular complexity index is 1060. The number of carbonyl (C=O) groups is 2. The number of hydrogen-bond acceptors (Lipinski definition) is 6. The van der Waals surface area contributed by atoms with E-state index in [1.54, 1.807) is 24.3 Å². The molecule has 7 nitrogen and oxygen atoms in total. The summed E-state index contributed by atoms with van der Waals surface area (Å²) < 4.78 is 0. The molecule has 0 aliphatic heterocycles. The fraction of sp³-hybridized carbons (Fsp3) is 0.333. The third kappa shape index (κ3) is 3.82. The van der Waals surface area contributed by atoms with Crippen LogP contribution < -0.4 is 10.6 Å². The number of aromatic amines is 1. The molecule has 4 rings (SSSR count). The average Bonchev–Trinajstić information content (AvgIpc) is 3.22. The van der Waals surface area contributed by atoms with Gasteiger partial charge in [-0.15, -0.1) is 0 Å². The lowest BCUT2D eigenvalue weighted by molar-refractivity contribution is 0.0980. The number of fused-ring (bicyclic) bond motifs is 3. The minimum Gasteiger partial charge on any atom is -0.383 e. The van der Waals surface area contributed by atoms with Crippen LogP contribution in [0.25, 0.3) is 10.9 Å². The fourth-order valence-corrected chi connectivity index (χ4v) is 4.07. The lowest BCUT2D eigenvalue weighted by atomic mass is 9.81. The topological polar surface area (TPSA) is 80.5 Å². The van der Waals surface area contributed by atoms with Crippen LogP contribution in [0.15, 0.2) is 36.5 Å². The van der Waals surface area contributed by atoms with E-state index < -0.39 is 0 Å². The van der Waals surface area contributed by atoms with Crippen molar-refractivity contribution in [3.63, 3.8) is 0 Å². The summed E-state index contributed by atoms with van der Waals surface area (Å²) in [6, 6.07) is 9.04. The Kier molecular flexibility index (Phi) is 5.80. The van der Waals surface area contributed by atoms with E-state index in [9.17, 15) is 9.59 Å². The zero-order valence-corrected chi connectivity index (χ0v) is 18.5.